The summed E-state index contributed by atoms with van der Waals surface area (Å²) in [5, 5.41) is 1.09. The predicted octanol–water partition coefficient (Wildman–Crippen LogP) is 4.45. The summed E-state index contributed by atoms with van der Waals surface area (Å²) in [6.07, 6.45) is 5.87. The molecule has 1 amide bonds. The Hall–Kier alpha value is -3.67. The first-order chi connectivity index (χ1) is 16.6. The van der Waals surface area contributed by atoms with Crippen molar-refractivity contribution >= 4 is 22.8 Å². The zero-order chi connectivity index (χ0) is 23.5. The van der Waals surface area contributed by atoms with Gasteiger partial charge >= 0.3 is 0 Å². The molecule has 0 bridgehead atoms. The molecule has 0 aliphatic carbocycles. The molecule has 6 nitrogen and oxygen atoms in total. The van der Waals surface area contributed by atoms with Gasteiger partial charge in [-0.1, -0.05) is 54.1 Å². The number of hydrogen-bond acceptors (Lipinski definition) is 4. The maximum Gasteiger partial charge on any atom is 0.223 e. The van der Waals surface area contributed by atoms with Crippen LogP contribution in [0.2, 0.25) is 0 Å². The standard InChI is InChI=1S/C28H31N5O/c1-20-7-9-22(10-8-20)11-12-25(34)32-13-15-33(16-14-32)28-26-24(18-29-27(26)30-19-31-28)17-23-6-4-3-5-21(23)2/h3-10,18-19H,11-17H2,1-2H3,(H,29,30,31). The first-order valence-corrected chi connectivity index (χ1v) is 12.0. The van der Waals surface area contributed by atoms with Crippen LogP contribution in [0.1, 0.15) is 34.2 Å². The van der Waals surface area contributed by atoms with E-state index in [-0.39, 0.29) is 5.91 Å². The second kappa shape index (κ2) is 9.67. The highest BCUT2D eigenvalue weighted by atomic mass is 16.2. The molecule has 1 fully saturated rings. The number of carbonyl (C=O) groups is 1. The lowest BCUT2D eigenvalue weighted by molar-refractivity contribution is -0.131. The minimum Gasteiger partial charge on any atom is -0.352 e. The Morgan fingerprint density at radius 3 is 2.47 bits per heavy atom. The molecule has 1 saturated heterocycles. The van der Waals surface area contributed by atoms with Crippen LogP contribution in [0.25, 0.3) is 11.0 Å². The monoisotopic (exact) mass is 453 g/mol. The van der Waals surface area contributed by atoms with E-state index in [1.165, 1.54) is 27.8 Å². The quantitative estimate of drug-likeness (QED) is 0.469. The molecule has 34 heavy (non-hydrogen) atoms. The molecular formula is C28H31N5O. The number of benzene rings is 2. The van der Waals surface area contributed by atoms with E-state index >= 15 is 0 Å². The number of fused-ring (bicyclic) bond motifs is 1. The van der Waals surface area contributed by atoms with E-state index in [0.717, 1.165) is 55.9 Å². The van der Waals surface area contributed by atoms with E-state index < -0.39 is 0 Å². The second-order valence-electron chi connectivity index (χ2n) is 9.19. The van der Waals surface area contributed by atoms with Crippen LogP contribution >= 0.6 is 0 Å². The van der Waals surface area contributed by atoms with E-state index in [9.17, 15) is 4.79 Å². The lowest BCUT2D eigenvalue weighted by Gasteiger charge is -2.35. The van der Waals surface area contributed by atoms with E-state index in [0.29, 0.717) is 6.42 Å². The maximum atomic E-state index is 12.8. The Morgan fingerprint density at radius 2 is 1.71 bits per heavy atom. The van der Waals surface area contributed by atoms with Gasteiger partial charge in [-0.05, 0) is 42.5 Å². The van der Waals surface area contributed by atoms with Gasteiger partial charge in [0.25, 0.3) is 0 Å². The van der Waals surface area contributed by atoms with Crippen molar-refractivity contribution in [3.63, 3.8) is 0 Å². The minimum absolute atomic E-state index is 0.231. The number of aromatic nitrogens is 3. The van der Waals surface area contributed by atoms with Gasteiger partial charge in [-0.15, -0.1) is 0 Å². The van der Waals surface area contributed by atoms with Crippen LogP contribution in [0.5, 0.6) is 0 Å². The van der Waals surface area contributed by atoms with Crippen molar-refractivity contribution in [2.75, 3.05) is 31.1 Å². The number of aromatic amines is 1. The summed E-state index contributed by atoms with van der Waals surface area (Å²) >= 11 is 0. The number of aryl methyl sites for hydroxylation is 3. The maximum absolute atomic E-state index is 12.8. The third-order valence-corrected chi connectivity index (χ3v) is 6.85. The molecule has 5 rings (SSSR count). The first-order valence-electron chi connectivity index (χ1n) is 12.0. The molecule has 1 aliphatic rings. The van der Waals surface area contributed by atoms with Crippen molar-refractivity contribution in [2.45, 2.75) is 33.1 Å². The SMILES string of the molecule is Cc1ccc(CCC(=O)N2CCN(c3ncnc4[nH]cc(Cc5ccccc5C)c34)CC2)cc1. The fourth-order valence-corrected chi connectivity index (χ4v) is 4.73. The molecule has 0 spiro atoms. The number of piperazine rings is 1. The molecule has 0 atom stereocenters. The molecule has 1 N–H and O–H groups in total. The molecule has 1 aliphatic heterocycles. The van der Waals surface area contributed by atoms with Crippen LogP contribution in [0, 0.1) is 13.8 Å². The Labute approximate surface area is 200 Å². The zero-order valence-electron chi connectivity index (χ0n) is 19.9. The van der Waals surface area contributed by atoms with Gasteiger partial charge < -0.3 is 14.8 Å². The second-order valence-corrected chi connectivity index (χ2v) is 9.19. The van der Waals surface area contributed by atoms with E-state index in [1.54, 1.807) is 6.33 Å². The van der Waals surface area contributed by atoms with Gasteiger partial charge in [0, 0.05) is 45.2 Å². The van der Waals surface area contributed by atoms with Gasteiger partial charge in [0.15, 0.2) is 0 Å². The number of carbonyl (C=O) groups excluding carboxylic acids is 1. The molecule has 2 aromatic heterocycles. The number of anilines is 1. The molecule has 2 aromatic carbocycles. The summed E-state index contributed by atoms with van der Waals surface area (Å²) < 4.78 is 0. The number of nitrogens with zero attached hydrogens (tertiary/aromatic N) is 4. The van der Waals surface area contributed by atoms with Crippen LogP contribution in [0.3, 0.4) is 0 Å². The van der Waals surface area contributed by atoms with E-state index in [1.807, 2.05) is 4.90 Å². The Kier molecular flexibility index (Phi) is 6.30. The summed E-state index contributed by atoms with van der Waals surface area (Å²) in [4.78, 5) is 29.6. The van der Waals surface area contributed by atoms with Crippen LogP contribution < -0.4 is 4.90 Å². The van der Waals surface area contributed by atoms with Crippen molar-refractivity contribution in [3.8, 4) is 0 Å². The highest BCUT2D eigenvalue weighted by Crippen LogP contribution is 2.29. The molecule has 6 heteroatoms. The third kappa shape index (κ3) is 4.67. The summed E-state index contributed by atoms with van der Waals surface area (Å²) in [6, 6.07) is 16.9. The van der Waals surface area contributed by atoms with Gasteiger partial charge in [-0.3, -0.25) is 4.79 Å². The lowest BCUT2D eigenvalue weighted by atomic mass is 10.0. The highest BCUT2D eigenvalue weighted by molar-refractivity contribution is 5.91. The average Bonchev–Trinajstić information content (AvgIpc) is 3.28. The average molecular weight is 454 g/mol. The number of nitrogens with one attached hydrogen (secondary N) is 1. The van der Waals surface area contributed by atoms with Gasteiger partial charge in [-0.2, -0.15) is 0 Å². The molecule has 0 saturated carbocycles. The van der Waals surface area contributed by atoms with Crippen molar-refractivity contribution in [3.05, 3.63) is 88.9 Å². The highest BCUT2D eigenvalue weighted by Gasteiger charge is 2.24. The van der Waals surface area contributed by atoms with Gasteiger partial charge in [0.1, 0.15) is 17.8 Å². The van der Waals surface area contributed by atoms with E-state index in [2.05, 4.69) is 88.4 Å². The van der Waals surface area contributed by atoms with Crippen molar-refractivity contribution in [2.24, 2.45) is 0 Å². The van der Waals surface area contributed by atoms with Crippen molar-refractivity contribution < 1.29 is 4.79 Å². The topological polar surface area (TPSA) is 65.1 Å². The third-order valence-electron chi connectivity index (χ3n) is 6.85. The fraction of sp³-hybridized carbons (Fsp3) is 0.321. The van der Waals surface area contributed by atoms with Crippen molar-refractivity contribution in [1.29, 1.82) is 0 Å². The number of rotatable bonds is 6. The number of hydrogen-bond donors (Lipinski definition) is 1. The first kappa shape index (κ1) is 22.1. The van der Waals surface area contributed by atoms with Crippen LogP contribution in [-0.4, -0.2) is 51.9 Å². The van der Waals surface area contributed by atoms with E-state index in [4.69, 9.17) is 0 Å². The smallest absolute Gasteiger partial charge is 0.223 e. The molecule has 3 heterocycles. The summed E-state index contributed by atoms with van der Waals surface area (Å²) in [5.74, 6) is 1.19. The van der Waals surface area contributed by atoms with Crippen molar-refractivity contribution in [1.82, 2.24) is 19.9 Å². The Morgan fingerprint density at radius 1 is 0.941 bits per heavy atom. The molecular weight excluding hydrogens is 422 g/mol. The van der Waals surface area contributed by atoms with Crippen LogP contribution in [0.4, 0.5) is 5.82 Å². The fourth-order valence-electron chi connectivity index (χ4n) is 4.73. The molecule has 4 aromatic rings. The van der Waals surface area contributed by atoms with Gasteiger partial charge in [0.05, 0.1) is 5.39 Å². The predicted molar refractivity (Wildman–Crippen MR) is 136 cm³/mol. The summed E-state index contributed by atoms with van der Waals surface area (Å²) in [5.41, 5.74) is 7.13. The number of H-pyrrole nitrogens is 1. The summed E-state index contributed by atoms with van der Waals surface area (Å²) in [7, 11) is 0. The Bertz CT molecular complexity index is 1290. The van der Waals surface area contributed by atoms with Crippen LogP contribution in [0.15, 0.2) is 61.1 Å². The van der Waals surface area contributed by atoms with Gasteiger partial charge in [-0.25, -0.2) is 9.97 Å². The van der Waals surface area contributed by atoms with Gasteiger partial charge in [0.2, 0.25) is 5.91 Å². The lowest BCUT2D eigenvalue weighted by Crippen LogP contribution is -2.49. The molecule has 174 valence electrons. The summed E-state index contributed by atoms with van der Waals surface area (Å²) in [6.45, 7) is 7.22. The minimum atomic E-state index is 0.231. The normalized spacial score (nSPS) is 14.1. The molecule has 0 radical (unpaired) electrons. The zero-order valence-corrected chi connectivity index (χ0v) is 19.9. The largest absolute Gasteiger partial charge is 0.352 e. The number of amides is 1. The van der Waals surface area contributed by atoms with Crippen LogP contribution in [-0.2, 0) is 17.6 Å². The Balaban J connectivity index is 1.26. The molecule has 0 unspecified atom stereocenters.